The number of nitrogen functional groups attached to an aromatic ring is 1. The van der Waals surface area contributed by atoms with Crippen molar-refractivity contribution >= 4 is 11.5 Å². The van der Waals surface area contributed by atoms with E-state index in [9.17, 15) is 0 Å². The minimum Gasteiger partial charge on any atom is -0.383 e. The molecule has 0 aliphatic carbocycles. The van der Waals surface area contributed by atoms with Crippen LogP contribution in [0.1, 0.15) is 32.0 Å². The molecule has 0 bridgehead atoms. The second-order valence-electron chi connectivity index (χ2n) is 6.53. The fraction of sp³-hybridized carbons (Fsp3) is 0.278. The summed E-state index contributed by atoms with van der Waals surface area (Å²) in [5, 5.41) is 0. The van der Waals surface area contributed by atoms with E-state index in [-0.39, 0.29) is 5.41 Å². The number of hydrogen-bond donors (Lipinski definition) is 1. The van der Waals surface area contributed by atoms with Gasteiger partial charge in [0.15, 0.2) is 0 Å². The van der Waals surface area contributed by atoms with E-state index in [1.807, 2.05) is 29.5 Å². The molecule has 0 atom stereocenters. The number of nitrogens with two attached hydrogens (primary N) is 1. The highest BCUT2D eigenvalue weighted by molar-refractivity contribution is 5.75. The zero-order valence-electron chi connectivity index (χ0n) is 13.0. The molecule has 0 aliphatic rings. The maximum Gasteiger partial charge on any atom is 0.139 e. The summed E-state index contributed by atoms with van der Waals surface area (Å²) in [5.41, 5.74) is 11.7. The molecule has 1 aromatic carbocycles. The SMILES string of the molecule is Cc1cccc2nc(-c3ccc(C(C)(C)C)cc3)c(N)n12. The summed E-state index contributed by atoms with van der Waals surface area (Å²) in [6.45, 7) is 8.68. The maximum atomic E-state index is 6.30. The Morgan fingerprint density at radius 3 is 2.24 bits per heavy atom. The van der Waals surface area contributed by atoms with Gasteiger partial charge >= 0.3 is 0 Å². The molecule has 21 heavy (non-hydrogen) atoms. The van der Waals surface area contributed by atoms with Crippen molar-refractivity contribution in [1.82, 2.24) is 9.38 Å². The Hall–Kier alpha value is -2.29. The van der Waals surface area contributed by atoms with Crippen LogP contribution in [-0.2, 0) is 5.41 Å². The Bertz CT molecular complexity index is 790. The van der Waals surface area contributed by atoms with Gasteiger partial charge in [-0.05, 0) is 30.0 Å². The monoisotopic (exact) mass is 279 g/mol. The van der Waals surface area contributed by atoms with E-state index < -0.39 is 0 Å². The molecule has 0 saturated carbocycles. The van der Waals surface area contributed by atoms with Crippen LogP contribution in [0.3, 0.4) is 0 Å². The lowest BCUT2D eigenvalue weighted by molar-refractivity contribution is 0.590. The zero-order chi connectivity index (χ0) is 15.2. The first kappa shape index (κ1) is 13.7. The Balaban J connectivity index is 2.13. The van der Waals surface area contributed by atoms with Crippen molar-refractivity contribution in [2.75, 3.05) is 5.73 Å². The first-order valence-corrected chi connectivity index (χ1v) is 7.22. The Labute approximate surface area is 125 Å². The van der Waals surface area contributed by atoms with E-state index in [0.29, 0.717) is 5.82 Å². The van der Waals surface area contributed by atoms with E-state index in [0.717, 1.165) is 22.6 Å². The third kappa shape index (κ3) is 2.29. The van der Waals surface area contributed by atoms with Gasteiger partial charge in [0.1, 0.15) is 17.2 Å². The lowest BCUT2D eigenvalue weighted by Gasteiger charge is -2.19. The molecular formula is C18H21N3. The van der Waals surface area contributed by atoms with Crippen LogP contribution in [0.25, 0.3) is 16.9 Å². The minimum atomic E-state index is 0.152. The quantitative estimate of drug-likeness (QED) is 0.726. The molecule has 3 rings (SSSR count). The number of fused-ring (bicyclic) bond motifs is 1. The Morgan fingerprint density at radius 2 is 1.67 bits per heavy atom. The molecule has 0 spiro atoms. The number of benzene rings is 1. The van der Waals surface area contributed by atoms with E-state index in [2.05, 4.69) is 50.0 Å². The molecule has 3 aromatic rings. The fourth-order valence-corrected chi connectivity index (χ4v) is 2.62. The van der Waals surface area contributed by atoms with Gasteiger partial charge in [-0.1, -0.05) is 51.1 Å². The van der Waals surface area contributed by atoms with Crippen LogP contribution in [0.15, 0.2) is 42.5 Å². The molecule has 3 heteroatoms. The first-order valence-electron chi connectivity index (χ1n) is 7.22. The van der Waals surface area contributed by atoms with Crippen molar-refractivity contribution < 1.29 is 0 Å². The van der Waals surface area contributed by atoms with Crippen LogP contribution in [0.2, 0.25) is 0 Å². The van der Waals surface area contributed by atoms with Crippen LogP contribution in [0.5, 0.6) is 0 Å². The summed E-state index contributed by atoms with van der Waals surface area (Å²) < 4.78 is 1.99. The van der Waals surface area contributed by atoms with Crippen molar-refractivity contribution in [2.24, 2.45) is 0 Å². The lowest BCUT2D eigenvalue weighted by Crippen LogP contribution is -2.10. The van der Waals surface area contributed by atoms with Crippen LogP contribution in [0.4, 0.5) is 5.82 Å². The number of pyridine rings is 1. The van der Waals surface area contributed by atoms with Crippen molar-refractivity contribution in [3.63, 3.8) is 0 Å². The van der Waals surface area contributed by atoms with Gasteiger partial charge in [0.2, 0.25) is 0 Å². The van der Waals surface area contributed by atoms with Crippen LogP contribution >= 0.6 is 0 Å². The minimum absolute atomic E-state index is 0.152. The van der Waals surface area contributed by atoms with Gasteiger partial charge in [-0.25, -0.2) is 4.98 Å². The summed E-state index contributed by atoms with van der Waals surface area (Å²) in [4.78, 5) is 4.67. The largest absolute Gasteiger partial charge is 0.383 e. The zero-order valence-corrected chi connectivity index (χ0v) is 13.0. The van der Waals surface area contributed by atoms with Gasteiger partial charge in [-0.15, -0.1) is 0 Å². The molecule has 0 fully saturated rings. The first-order chi connectivity index (χ1) is 9.88. The fourth-order valence-electron chi connectivity index (χ4n) is 2.62. The third-order valence-corrected chi connectivity index (χ3v) is 3.90. The van der Waals surface area contributed by atoms with Crippen LogP contribution in [-0.4, -0.2) is 9.38 Å². The second-order valence-corrected chi connectivity index (χ2v) is 6.53. The summed E-state index contributed by atoms with van der Waals surface area (Å²) in [6.07, 6.45) is 0. The van der Waals surface area contributed by atoms with Crippen molar-refractivity contribution in [3.8, 4) is 11.3 Å². The van der Waals surface area contributed by atoms with E-state index in [4.69, 9.17) is 5.73 Å². The van der Waals surface area contributed by atoms with Crippen molar-refractivity contribution in [3.05, 3.63) is 53.7 Å². The van der Waals surface area contributed by atoms with Gasteiger partial charge < -0.3 is 5.73 Å². The molecule has 0 amide bonds. The van der Waals surface area contributed by atoms with Crippen molar-refractivity contribution in [1.29, 1.82) is 0 Å². The molecule has 0 aliphatic heterocycles. The number of rotatable bonds is 1. The van der Waals surface area contributed by atoms with Gasteiger partial charge in [0.25, 0.3) is 0 Å². The third-order valence-electron chi connectivity index (χ3n) is 3.90. The standard InChI is InChI=1S/C18H21N3/c1-12-6-5-7-15-20-16(17(19)21(12)15)13-8-10-14(11-9-13)18(2,3)4/h5-11H,19H2,1-4H3. The maximum absolute atomic E-state index is 6.30. The van der Waals surface area contributed by atoms with Crippen LogP contribution in [0, 0.1) is 6.92 Å². The average Bonchev–Trinajstić information content (AvgIpc) is 2.77. The molecule has 3 nitrogen and oxygen atoms in total. The van der Waals surface area contributed by atoms with Gasteiger partial charge in [0.05, 0.1) is 0 Å². The molecule has 108 valence electrons. The summed E-state index contributed by atoms with van der Waals surface area (Å²) in [7, 11) is 0. The molecular weight excluding hydrogens is 258 g/mol. The van der Waals surface area contributed by atoms with Gasteiger partial charge in [-0.2, -0.15) is 0 Å². The van der Waals surface area contributed by atoms with E-state index >= 15 is 0 Å². The highest BCUT2D eigenvalue weighted by atomic mass is 15.1. The number of aryl methyl sites for hydroxylation is 1. The number of nitrogens with zero attached hydrogens (tertiary/aromatic N) is 2. The number of aromatic nitrogens is 2. The normalized spacial score (nSPS) is 12.0. The Morgan fingerprint density at radius 1 is 1.00 bits per heavy atom. The predicted octanol–water partition coefficient (Wildman–Crippen LogP) is 4.19. The van der Waals surface area contributed by atoms with E-state index in [1.54, 1.807) is 0 Å². The molecule has 0 radical (unpaired) electrons. The Kier molecular flexibility index (Phi) is 3.01. The molecule has 0 unspecified atom stereocenters. The molecule has 0 saturated heterocycles. The molecule has 2 N–H and O–H groups in total. The molecule has 2 heterocycles. The summed E-state index contributed by atoms with van der Waals surface area (Å²) in [6, 6.07) is 14.6. The lowest BCUT2D eigenvalue weighted by atomic mass is 9.86. The molecule has 2 aromatic heterocycles. The second kappa shape index (κ2) is 4.62. The topological polar surface area (TPSA) is 43.3 Å². The number of anilines is 1. The number of imidazole rings is 1. The van der Waals surface area contributed by atoms with Crippen molar-refractivity contribution in [2.45, 2.75) is 33.1 Å². The number of hydrogen-bond acceptors (Lipinski definition) is 2. The summed E-state index contributed by atoms with van der Waals surface area (Å²) in [5.74, 6) is 0.701. The highest BCUT2D eigenvalue weighted by Gasteiger charge is 2.15. The average molecular weight is 279 g/mol. The van der Waals surface area contributed by atoms with Gasteiger partial charge in [-0.3, -0.25) is 4.40 Å². The smallest absolute Gasteiger partial charge is 0.139 e. The predicted molar refractivity (Wildman–Crippen MR) is 88.5 cm³/mol. The van der Waals surface area contributed by atoms with Gasteiger partial charge in [0, 0.05) is 11.3 Å². The van der Waals surface area contributed by atoms with Crippen LogP contribution < -0.4 is 5.73 Å². The summed E-state index contributed by atoms with van der Waals surface area (Å²) >= 11 is 0. The highest BCUT2D eigenvalue weighted by Crippen LogP contribution is 2.30. The van der Waals surface area contributed by atoms with E-state index in [1.165, 1.54) is 5.56 Å².